The van der Waals surface area contributed by atoms with E-state index in [0.717, 1.165) is 18.6 Å². The van der Waals surface area contributed by atoms with Gasteiger partial charge >= 0.3 is 6.18 Å². The van der Waals surface area contributed by atoms with Crippen LogP contribution in [0.15, 0.2) is 54.9 Å². The van der Waals surface area contributed by atoms with Crippen molar-refractivity contribution in [3.63, 3.8) is 0 Å². The van der Waals surface area contributed by atoms with Gasteiger partial charge in [0.25, 0.3) is 0 Å². The minimum absolute atomic E-state index is 0.150. The zero-order chi connectivity index (χ0) is 19.4. The first-order valence-electron chi connectivity index (χ1n) is 8.18. The molecule has 27 heavy (non-hydrogen) atoms. The van der Waals surface area contributed by atoms with Crippen molar-refractivity contribution in [2.45, 2.75) is 19.5 Å². The van der Waals surface area contributed by atoms with Crippen LogP contribution in [0.3, 0.4) is 0 Å². The summed E-state index contributed by atoms with van der Waals surface area (Å²) >= 11 is 0. The number of nitrogens with two attached hydrogens (primary N) is 1. The lowest BCUT2D eigenvalue weighted by Crippen LogP contribution is -2.05. The molecule has 3 rings (SSSR count). The Bertz CT molecular complexity index is 910. The Balaban J connectivity index is 1.78. The Kier molecular flexibility index (Phi) is 5.16. The van der Waals surface area contributed by atoms with Crippen molar-refractivity contribution < 1.29 is 17.9 Å². The van der Waals surface area contributed by atoms with Gasteiger partial charge in [0.1, 0.15) is 17.8 Å². The van der Waals surface area contributed by atoms with Gasteiger partial charge in [-0.2, -0.15) is 18.2 Å². The van der Waals surface area contributed by atoms with Gasteiger partial charge in [-0.1, -0.05) is 19.1 Å². The van der Waals surface area contributed by atoms with E-state index in [2.05, 4.69) is 22.2 Å². The Labute approximate surface area is 154 Å². The first-order valence-corrected chi connectivity index (χ1v) is 8.18. The molecule has 2 aromatic carbocycles. The molecule has 0 radical (unpaired) electrons. The molecule has 0 saturated heterocycles. The monoisotopic (exact) mass is 374 g/mol. The van der Waals surface area contributed by atoms with Crippen LogP contribution in [-0.4, -0.2) is 9.97 Å². The molecule has 1 aromatic heterocycles. The van der Waals surface area contributed by atoms with Crippen LogP contribution < -0.4 is 15.8 Å². The highest BCUT2D eigenvalue weighted by Gasteiger charge is 2.29. The summed E-state index contributed by atoms with van der Waals surface area (Å²) in [7, 11) is 0. The lowest BCUT2D eigenvalue weighted by molar-refractivity contribution is -0.137. The van der Waals surface area contributed by atoms with Crippen LogP contribution in [0.1, 0.15) is 18.1 Å². The number of aryl methyl sites for hydroxylation is 1. The molecule has 0 bridgehead atoms. The number of aromatic nitrogens is 2. The van der Waals surface area contributed by atoms with Gasteiger partial charge in [-0.25, -0.2) is 4.98 Å². The smallest absolute Gasteiger partial charge is 0.416 e. The van der Waals surface area contributed by atoms with Crippen molar-refractivity contribution >= 4 is 17.2 Å². The SMILES string of the molecule is CCc1ccc(Oc2ncnc(Nc3ccc(C(F)(F)F)cc3)c2N)cc1. The maximum Gasteiger partial charge on any atom is 0.416 e. The summed E-state index contributed by atoms with van der Waals surface area (Å²) in [6.45, 7) is 2.05. The van der Waals surface area contributed by atoms with Crippen molar-refractivity contribution in [1.29, 1.82) is 0 Å². The standard InChI is InChI=1S/C19H17F3N4O/c1-2-12-3-9-15(10-4-12)27-18-16(23)17(24-11-25-18)26-14-7-5-13(6-8-14)19(20,21)22/h3-11H,2,23H2,1H3,(H,24,25,26). The molecule has 5 nitrogen and oxygen atoms in total. The van der Waals surface area contributed by atoms with Crippen LogP contribution in [0.5, 0.6) is 11.6 Å². The summed E-state index contributed by atoms with van der Waals surface area (Å²) in [5.74, 6) is 0.965. The van der Waals surface area contributed by atoms with Crippen molar-refractivity contribution in [1.82, 2.24) is 9.97 Å². The minimum atomic E-state index is -4.39. The first-order chi connectivity index (χ1) is 12.9. The van der Waals surface area contributed by atoms with Crippen LogP contribution in [0.2, 0.25) is 0 Å². The normalized spacial score (nSPS) is 11.3. The van der Waals surface area contributed by atoms with Crippen LogP contribution in [0, 0.1) is 0 Å². The third kappa shape index (κ3) is 4.46. The molecule has 0 atom stereocenters. The number of hydrogen-bond donors (Lipinski definition) is 2. The number of benzene rings is 2. The highest BCUT2D eigenvalue weighted by atomic mass is 19.4. The molecule has 0 spiro atoms. The van der Waals surface area contributed by atoms with E-state index in [9.17, 15) is 13.2 Å². The number of alkyl halides is 3. The largest absolute Gasteiger partial charge is 0.437 e. The maximum absolute atomic E-state index is 12.6. The Morgan fingerprint density at radius 3 is 2.26 bits per heavy atom. The zero-order valence-electron chi connectivity index (χ0n) is 14.4. The van der Waals surface area contributed by atoms with E-state index in [4.69, 9.17) is 10.5 Å². The van der Waals surface area contributed by atoms with Crippen LogP contribution in [0.4, 0.5) is 30.4 Å². The van der Waals surface area contributed by atoms with Gasteiger partial charge in [-0.15, -0.1) is 0 Å². The van der Waals surface area contributed by atoms with Gasteiger partial charge < -0.3 is 15.8 Å². The van der Waals surface area contributed by atoms with E-state index >= 15 is 0 Å². The molecular weight excluding hydrogens is 357 g/mol. The molecule has 3 N–H and O–H groups in total. The fraction of sp³-hybridized carbons (Fsp3) is 0.158. The second kappa shape index (κ2) is 7.53. The predicted octanol–water partition coefficient (Wildman–Crippen LogP) is 5.18. The summed E-state index contributed by atoms with van der Waals surface area (Å²) in [6.07, 6.45) is -2.21. The topological polar surface area (TPSA) is 73.1 Å². The van der Waals surface area contributed by atoms with Crippen LogP contribution >= 0.6 is 0 Å². The Hall–Kier alpha value is -3.29. The molecule has 0 aliphatic rings. The van der Waals surface area contributed by atoms with Gasteiger partial charge in [0.15, 0.2) is 5.82 Å². The summed E-state index contributed by atoms with van der Waals surface area (Å²) < 4.78 is 43.6. The number of rotatable bonds is 5. The summed E-state index contributed by atoms with van der Waals surface area (Å²) in [6, 6.07) is 12.1. The van der Waals surface area contributed by atoms with E-state index in [-0.39, 0.29) is 17.4 Å². The zero-order valence-corrected chi connectivity index (χ0v) is 14.4. The second-order valence-electron chi connectivity index (χ2n) is 5.74. The third-order valence-corrected chi connectivity index (χ3v) is 3.87. The quantitative estimate of drug-likeness (QED) is 0.644. The molecule has 0 fully saturated rings. The molecule has 1 heterocycles. The third-order valence-electron chi connectivity index (χ3n) is 3.87. The van der Waals surface area contributed by atoms with Crippen molar-refractivity contribution in [3.05, 3.63) is 66.0 Å². The maximum atomic E-state index is 12.6. The molecule has 0 amide bonds. The number of nitrogens with zero attached hydrogens (tertiary/aromatic N) is 2. The van der Waals surface area contributed by atoms with Gasteiger partial charge in [0.05, 0.1) is 5.56 Å². The average molecular weight is 374 g/mol. The summed E-state index contributed by atoms with van der Waals surface area (Å²) in [5, 5.41) is 2.87. The van der Waals surface area contributed by atoms with Crippen LogP contribution in [-0.2, 0) is 12.6 Å². The van der Waals surface area contributed by atoms with Gasteiger partial charge in [-0.05, 0) is 48.4 Å². The summed E-state index contributed by atoms with van der Waals surface area (Å²) in [5.41, 5.74) is 7.04. The van der Waals surface area contributed by atoms with E-state index < -0.39 is 11.7 Å². The highest BCUT2D eigenvalue weighted by molar-refractivity contribution is 5.72. The van der Waals surface area contributed by atoms with E-state index in [1.54, 1.807) is 0 Å². The molecule has 0 aliphatic carbocycles. The number of nitrogens with one attached hydrogen (secondary N) is 1. The van der Waals surface area contributed by atoms with Gasteiger partial charge in [0, 0.05) is 5.69 Å². The average Bonchev–Trinajstić information content (AvgIpc) is 2.65. The Morgan fingerprint density at radius 2 is 1.67 bits per heavy atom. The lowest BCUT2D eigenvalue weighted by atomic mass is 10.2. The predicted molar refractivity (Wildman–Crippen MR) is 97.1 cm³/mol. The van der Waals surface area contributed by atoms with Crippen molar-refractivity contribution in [2.75, 3.05) is 11.1 Å². The Morgan fingerprint density at radius 1 is 1.00 bits per heavy atom. The number of hydrogen-bond acceptors (Lipinski definition) is 5. The van der Waals surface area contributed by atoms with Crippen molar-refractivity contribution in [3.8, 4) is 11.6 Å². The molecular formula is C19H17F3N4O. The van der Waals surface area contributed by atoms with E-state index in [0.29, 0.717) is 11.4 Å². The molecule has 3 aromatic rings. The molecule has 140 valence electrons. The van der Waals surface area contributed by atoms with E-state index in [1.807, 2.05) is 24.3 Å². The number of ether oxygens (including phenoxy) is 1. The van der Waals surface area contributed by atoms with Gasteiger partial charge in [-0.3, -0.25) is 0 Å². The number of anilines is 3. The number of nitrogen functional groups attached to an aromatic ring is 1. The molecule has 0 saturated carbocycles. The fourth-order valence-corrected chi connectivity index (χ4v) is 2.34. The van der Waals surface area contributed by atoms with Crippen LogP contribution in [0.25, 0.3) is 0 Å². The summed E-state index contributed by atoms with van der Waals surface area (Å²) in [4.78, 5) is 8.04. The highest BCUT2D eigenvalue weighted by Crippen LogP contribution is 2.33. The van der Waals surface area contributed by atoms with Gasteiger partial charge in [0.2, 0.25) is 5.88 Å². The van der Waals surface area contributed by atoms with E-state index in [1.165, 1.54) is 24.0 Å². The fourth-order valence-electron chi connectivity index (χ4n) is 2.34. The lowest BCUT2D eigenvalue weighted by Gasteiger charge is -2.13. The minimum Gasteiger partial charge on any atom is -0.437 e. The first kappa shape index (κ1) is 18.5. The molecule has 8 heteroatoms. The second-order valence-corrected chi connectivity index (χ2v) is 5.74. The van der Waals surface area contributed by atoms with Crippen molar-refractivity contribution in [2.24, 2.45) is 0 Å². The number of halogens is 3. The molecule has 0 aliphatic heterocycles. The molecule has 0 unspecified atom stereocenters.